The highest BCUT2D eigenvalue weighted by Crippen LogP contribution is 2.19. The van der Waals surface area contributed by atoms with E-state index < -0.39 is 0 Å². The van der Waals surface area contributed by atoms with E-state index in [9.17, 15) is 0 Å². The van der Waals surface area contributed by atoms with Gasteiger partial charge in [-0.15, -0.1) is 6.58 Å². The van der Waals surface area contributed by atoms with Crippen LogP contribution in [-0.2, 0) is 0 Å². The van der Waals surface area contributed by atoms with E-state index in [1.165, 1.54) is 25.7 Å². The highest BCUT2D eigenvalue weighted by atomic mass is 16.3. The molecule has 2 atom stereocenters. The van der Waals surface area contributed by atoms with Crippen molar-refractivity contribution in [3.8, 4) is 0 Å². The van der Waals surface area contributed by atoms with Gasteiger partial charge in [-0.2, -0.15) is 0 Å². The summed E-state index contributed by atoms with van der Waals surface area (Å²) in [5.74, 6) is 1.29. The monoisotopic (exact) mass is 398 g/mol. The van der Waals surface area contributed by atoms with Gasteiger partial charge in [-0.3, -0.25) is 0 Å². The van der Waals surface area contributed by atoms with Crippen LogP contribution in [0.5, 0.6) is 0 Å². The largest absolute Gasteiger partial charge is 0.396 e. The Morgan fingerprint density at radius 1 is 0.714 bits per heavy atom. The lowest BCUT2D eigenvalue weighted by Crippen LogP contribution is -2.00. The van der Waals surface area contributed by atoms with Crippen LogP contribution in [0.3, 0.4) is 0 Å². The minimum Gasteiger partial charge on any atom is -0.396 e. The van der Waals surface area contributed by atoms with Crippen LogP contribution in [0.25, 0.3) is 0 Å². The third-order valence-corrected chi connectivity index (χ3v) is 4.89. The Hall–Kier alpha value is -0.940. The third kappa shape index (κ3) is 23.1. The Bertz CT molecular complexity index is 353. The lowest BCUT2D eigenvalue weighted by Gasteiger charge is -2.13. The molecule has 0 heterocycles. The number of rotatable bonds is 18. The topological polar surface area (TPSA) is 80.9 Å². The van der Waals surface area contributed by atoms with Gasteiger partial charge in [0.05, 0.1) is 13.2 Å². The normalized spacial score (nSPS) is 13.5. The van der Waals surface area contributed by atoms with Gasteiger partial charge < -0.3 is 20.4 Å². The summed E-state index contributed by atoms with van der Waals surface area (Å²) < 4.78 is 0. The number of unbranched alkanes of at least 4 members (excludes halogenated alkanes) is 3. The average molecular weight is 399 g/mol. The Kier molecular flexibility index (Phi) is 27.2. The van der Waals surface area contributed by atoms with E-state index >= 15 is 0 Å². The van der Waals surface area contributed by atoms with Gasteiger partial charge in [0.2, 0.25) is 0 Å². The van der Waals surface area contributed by atoms with E-state index in [2.05, 4.69) is 13.5 Å². The first kappa shape index (κ1) is 29.3. The van der Waals surface area contributed by atoms with Crippen molar-refractivity contribution in [2.75, 3.05) is 26.4 Å². The summed E-state index contributed by atoms with van der Waals surface area (Å²) in [6, 6.07) is 0. The third-order valence-electron chi connectivity index (χ3n) is 4.89. The molecule has 0 saturated carbocycles. The summed E-state index contributed by atoms with van der Waals surface area (Å²) >= 11 is 0. The molecule has 4 heteroatoms. The molecule has 4 N–H and O–H groups in total. The zero-order valence-electron chi connectivity index (χ0n) is 18.1. The molecular weight excluding hydrogens is 352 g/mol. The second kappa shape index (κ2) is 26.1. The fraction of sp³-hybridized carbons (Fsp3) is 0.750. The Morgan fingerprint density at radius 3 is 1.82 bits per heavy atom. The van der Waals surface area contributed by atoms with Crippen LogP contribution in [0.2, 0.25) is 0 Å². The van der Waals surface area contributed by atoms with E-state index in [-0.39, 0.29) is 13.2 Å². The molecule has 0 saturated heterocycles. The van der Waals surface area contributed by atoms with Gasteiger partial charge in [-0.05, 0) is 43.9 Å². The molecular formula is C24H46O4. The first-order valence-corrected chi connectivity index (χ1v) is 11.1. The Labute approximate surface area is 173 Å². The smallest absolute Gasteiger partial charge is 0.0612 e. The molecule has 28 heavy (non-hydrogen) atoms. The van der Waals surface area contributed by atoms with Crippen LogP contribution < -0.4 is 0 Å². The number of aliphatic hydroxyl groups excluding tert-OH is 4. The van der Waals surface area contributed by atoms with Gasteiger partial charge in [0, 0.05) is 13.2 Å². The molecule has 0 aromatic carbocycles. The van der Waals surface area contributed by atoms with E-state index in [4.69, 9.17) is 20.4 Å². The summed E-state index contributed by atoms with van der Waals surface area (Å²) in [6.45, 7) is 6.90. The maximum Gasteiger partial charge on any atom is 0.0612 e. The van der Waals surface area contributed by atoms with Gasteiger partial charge in [-0.1, -0.05) is 75.8 Å². The molecule has 0 rings (SSSR count). The first-order chi connectivity index (χ1) is 13.7. The highest BCUT2D eigenvalue weighted by Gasteiger charge is 2.05. The fourth-order valence-electron chi connectivity index (χ4n) is 3.00. The maximum atomic E-state index is 8.67. The fourth-order valence-corrected chi connectivity index (χ4v) is 3.00. The predicted octanol–water partition coefficient (Wildman–Crippen LogP) is 4.78. The zero-order chi connectivity index (χ0) is 21.3. The van der Waals surface area contributed by atoms with Gasteiger partial charge in [0.15, 0.2) is 0 Å². The summed E-state index contributed by atoms with van der Waals surface area (Å²) in [5.41, 5.74) is 0. The molecule has 0 aliphatic carbocycles. The van der Waals surface area contributed by atoms with Crippen molar-refractivity contribution < 1.29 is 20.4 Å². The molecule has 0 aromatic heterocycles. The van der Waals surface area contributed by atoms with Gasteiger partial charge in [-0.25, -0.2) is 0 Å². The second-order valence-electron chi connectivity index (χ2n) is 7.18. The zero-order valence-corrected chi connectivity index (χ0v) is 18.1. The highest BCUT2D eigenvalue weighted by molar-refractivity contribution is 4.91. The van der Waals surface area contributed by atoms with E-state index in [0.717, 1.165) is 50.9 Å². The van der Waals surface area contributed by atoms with Crippen LogP contribution >= 0.6 is 0 Å². The van der Waals surface area contributed by atoms with Crippen molar-refractivity contribution >= 4 is 0 Å². The maximum absolute atomic E-state index is 8.67. The summed E-state index contributed by atoms with van der Waals surface area (Å²) in [4.78, 5) is 0. The lowest BCUT2D eigenvalue weighted by molar-refractivity contribution is 0.270. The summed E-state index contributed by atoms with van der Waals surface area (Å²) in [7, 11) is 0. The molecule has 0 bridgehead atoms. The number of hydrogen-bond donors (Lipinski definition) is 4. The van der Waals surface area contributed by atoms with Crippen molar-refractivity contribution in [1.82, 2.24) is 0 Å². The Morgan fingerprint density at radius 2 is 1.29 bits per heavy atom. The number of allylic oxidation sites excluding steroid dienone is 3. The molecule has 166 valence electrons. The second-order valence-corrected chi connectivity index (χ2v) is 7.18. The van der Waals surface area contributed by atoms with E-state index in [1.807, 2.05) is 18.2 Å². The molecule has 0 amide bonds. The van der Waals surface area contributed by atoms with Crippen molar-refractivity contribution in [3.05, 3.63) is 37.0 Å². The number of aliphatic hydroxyl groups is 4. The first-order valence-electron chi connectivity index (χ1n) is 11.1. The van der Waals surface area contributed by atoms with Crippen molar-refractivity contribution in [2.24, 2.45) is 11.8 Å². The van der Waals surface area contributed by atoms with Crippen molar-refractivity contribution in [1.29, 1.82) is 0 Å². The Balaban J connectivity index is 0. The number of hydrogen-bond acceptors (Lipinski definition) is 4. The van der Waals surface area contributed by atoms with Crippen LogP contribution in [0.1, 0.15) is 77.6 Å². The van der Waals surface area contributed by atoms with E-state index in [1.54, 1.807) is 12.2 Å². The molecule has 0 aliphatic heterocycles. The van der Waals surface area contributed by atoms with Gasteiger partial charge >= 0.3 is 0 Å². The quantitative estimate of drug-likeness (QED) is 0.198. The minimum absolute atomic E-state index is 0.105. The molecule has 0 radical (unpaired) electrons. The summed E-state index contributed by atoms with van der Waals surface area (Å²) in [6.07, 6.45) is 21.6. The standard InChI is InChI=1S/C12H26O2.C12H20O2/c2*1-2-12(9-5-7-11-14)8-4-3-6-10-13/h12-14H,2-11H2,1H3;2-3,5-7,12-14H,1,4,8-11H2/b;6-3+,7-5-. The minimum atomic E-state index is 0.105. The molecule has 0 spiro atoms. The molecule has 0 fully saturated rings. The lowest BCUT2D eigenvalue weighted by atomic mass is 9.93. The van der Waals surface area contributed by atoms with Gasteiger partial charge in [0.1, 0.15) is 0 Å². The van der Waals surface area contributed by atoms with Crippen LogP contribution in [0.15, 0.2) is 37.0 Å². The summed E-state index contributed by atoms with van der Waals surface area (Å²) in [5, 5.41) is 34.4. The van der Waals surface area contributed by atoms with Gasteiger partial charge in [0.25, 0.3) is 0 Å². The SMILES string of the molecule is C=CC(C/C=C\CO)CC/C=C/CO.CCC(CCCCO)CCCCCO. The predicted molar refractivity (Wildman–Crippen MR) is 120 cm³/mol. The molecule has 0 aliphatic rings. The average Bonchev–Trinajstić information content (AvgIpc) is 2.72. The van der Waals surface area contributed by atoms with Crippen LogP contribution in [-0.4, -0.2) is 46.9 Å². The van der Waals surface area contributed by atoms with Crippen LogP contribution in [0.4, 0.5) is 0 Å². The molecule has 4 nitrogen and oxygen atoms in total. The molecule has 0 aromatic rings. The van der Waals surface area contributed by atoms with Crippen molar-refractivity contribution in [2.45, 2.75) is 77.6 Å². The van der Waals surface area contributed by atoms with Crippen molar-refractivity contribution in [3.63, 3.8) is 0 Å². The van der Waals surface area contributed by atoms with Crippen LogP contribution in [0, 0.1) is 11.8 Å². The van der Waals surface area contributed by atoms with E-state index in [0.29, 0.717) is 19.1 Å². The molecule has 2 unspecified atom stereocenters.